The maximum Gasteiger partial charge on any atom is 0.252 e. The van der Waals surface area contributed by atoms with E-state index in [1.807, 2.05) is 62.4 Å². The first-order valence-corrected chi connectivity index (χ1v) is 8.83. The molecule has 4 rings (SSSR count). The first kappa shape index (κ1) is 15.7. The van der Waals surface area contributed by atoms with Gasteiger partial charge in [-0.05, 0) is 43.6 Å². The highest BCUT2D eigenvalue weighted by Gasteiger charge is 2.16. The molecule has 0 bridgehead atoms. The molecule has 0 aliphatic heterocycles. The zero-order valence-corrected chi connectivity index (χ0v) is 14.7. The summed E-state index contributed by atoms with van der Waals surface area (Å²) in [6, 6.07) is 15.5. The van der Waals surface area contributed by atoms with Gasteiger partial charge in [-0.15, -0.1) is 5.10 Å². The van der Waals surface area contributed by atoms with Gasteiger partial charge >= 0.3 is 0 Å². The largest absolute Gasteiger partial charge is 0.350 e. The molecule has 0 spiro atoms. The SMILES string of the molecule is CC(C)NC(=O)c1cc(-c2cccc3nnsc23)nc2ccccc12. The molecule has 1 N–H and O–H groups in total. The van der Waals surface area contributed by atoms with Gasteiger partial charge in [-0.3, -0.25) is 4.79 Å². The summed E-state index contributed by atoms with van der Waals surface area (Å²) in [6.45, 7) is 3.90. The van der Waals surface area contributed by atoms with E-state index in [-0.39, 0.29) is 11.9 Å². The van der Waals surface area contributed by atoms with Crippen LogP contribution in [-0.4, -0.2) is 26.5 Å². The minimum Gasteiger partial charge on any atom is -0.350 e. The molecule has 0 saturated carbocycles. The molecular formula is C19H16N4OS. The molecule has 25 heavy (non-hydrogen) atoms. The summed E-state index contributed by atoms with van der Waals surface area (Å²) in [7, 11) is 0. The van der Waals surface area contributed by atoms with Crippen LogP contribution in [0, 0.1) is 0 Å². The molecule has 6 heteroatoms. The number of fused-ring (bicyclic) bond motifs is 2. The molecule has 2 heterocycles. The molecule has 0 aliphatic rings. The lowest BCUT2D eigenvalue weighted by atomic mass is 10.0. The van der Waals surface area contributed by atoms with Crippen LogP contribution in [0.15, 0.2) is 48.5 Å². The number of carbonyl (C=O) groups excluding carboxylic acids is 1. The summed E-state index contributed by atoms with van der Waals surface area (Å²) >= 11 is 1.34. The van der Waals surface area contributed by atoms with Crippen molar-refractivity contribution >= 4 is 38.6 Å². The monoisotopic (exact) mass is 348 g/mol. The van der Waals surface area contributed by atoms with Crippen molar-refractivity contribution in [3.8, 4) is 11.3 Å². The second-order valence-electron chi connectivity index (χ2n) is 6.13. The molecule has 0 fully saturated rings. The topological polar surface area (TPSA) is 67.8 Å². The quantitative estimate of drug-likeness (QED) is 0.606. The zero-order valence-electron chi connectivity index (χ0n) is 13.9. The number of hydrogen-bond donors (Lipinski definition) is 1. The zero-order chi connectivity index (χ0) is 17.4. The summed E-state index contributed by atoms with van der Waals surface area (Å²) < 4.78 is 5.00. The Hall–Kier alpha value is -2.86. The molecule has 5 nitrogen and oxygen atoms in total. The predicted octanol–water partition coefficient (Wildman–Crippen LogP) is 4.04. The number of para-hydroxylation sites is 1. The van der Waals surface area contributed by atoms with Crippen LogP contribution in [0.2, 0.25) is 0 Å². The Kier molecular flexibility index (Phi) is 3.89. The van der Waals surface area contributed by atoms with Crippen molar-refractivity contribution in [2.45, 2.75) is 19.9 Å². The molecule has 2 aromatic heterocycles. The van der Waals surface area contributed by atoms with E-state index in [1.165, 1.54) is 11.5 Å². The van der Waals surface area contributed by atoms with E-state index in [9.17, 15) is 4.79 Å². The average Bonchev–Trinajstić information content (AvgIpc) is 3.08. The Morgan fingerprint density at radius 3 is 2.72 bits per heavy atom. The third kappa shape index (κ3) is 2.85. The molecule has 0 aliphatic carbocycles. The van der Waals surface area contributed by atoms with Crippen molar-refractivity contribution in [1.82, 2.24) is 19.9 Å². The lowest BCUT2D eigenvalue weighted by molar-refractivity contribution is 0.0945. The fourth-order valence-corrected chi connectivity index (χ4v) is 3.53. The second-order valence-corrected chi connectivity index (χ2v) is 6.88. The van der Waals surface area contributed by atoms with E-state index < -0.39 is 0 Å². The maximum atomic E-state index is 12.7. The van der Waals surface area contributed by atoms with E-state index in [0.29, 0.717) is 5.56 Å². The van der Waals surface area contributed by atoms with Crippen LogP contribution in [0.5, 0.6) is 0 Å². The Labute approximate surface area is 148 Å². The van der Waals surface area contributed by atoms with Crippen LogP contribution in [0.25, 0.3) is 32.4 Å². The maximum absolute atomic E-state index is 12.7. The number of nitrogens with one attached hydrogen (secondary N) is 1. The van der Waals surface area contributed by atoms with Gasteiger partial charge in [-0.1, -0.05) is 34.8 Å². The smallest absolute Gasteiger partial charge is 0.252 e. The Bertz CT molecular complexity index is 1090. The molecule has 2 aromatic carbocycles. The Balaban J connectivity index is 1.96. The number of hydrogen-bond acceptors (Lipinski definition) is 5. The van der Waals surface area contributed by atoms with Crippen LogP contribution in [-0.2, 0) is 0 Å². The number of amides is 1. The van der Waals surface area contributed by atoms with Gasteiger partial charge < -0.3 is 5.32 Å². The van der Waals surface area contributed by atoms with E-state index in [0.717, 1.165) is 32.4 Å². The minimum absolute atomic E-state index is 0.0667. The molecule has 0 atom stereocenters. The first-order chi connectivity index (χ1) is 12.1. The van der Waals surface area contributed by atoms with Gasteiger partial charge in [0.2, 0.25) is 0 Å². The van der Waals surface area contributed by atoms with E-state index >= 15 is 0 Å². The summed E-state index contributed by atoms with van der Waals surface area (Å²) in [4.78, 5) is 17.5. The van der Waals surface area contributed by atoms with Gasteiger partial charge in [-0.2, -0.15) is 0 Å². The van der Waals surface area contributed by atoms with E-state index in [2.05, 4.69) is 14.9 Å². The van der Waals surface area contributed by atoms with Gasteiger partial charge in [0.05, 0.1) is 21.5 Å². The molecule has 4 aromatic rings. The molecule has 0 saturated heterocycles. The number of carbonyl (C=O) groups is 1. The van der Waals surface area contributed by atoms with Gasteiger partial charge in [-0.25, -0.2) is 4.98 Å². The summed E-state index contributed by atoms with van der Waals surface area (Å²) in [6.07, 6.45) is 0. The van der Waals surface area contributed by atoms with Crippen LogP contribution in [0.3, 0.4) is 0 Å². The number of aromatic nitrogens is 3. The first-order valence-electron chi connectivity index (χ1n) is 8.05. The third-order valence-electron chi connectivity index (χ3n) is 3.93. The van der Waals surface area contributed by atoms with Crippen LogP contribution >= 0.6 is 11.5 Å². The second kappa shape index (κ2) is 6.22. The number of benzene rings is 2. The van der Waals surface area contributed by atoms with Crippen LogP contribution < -0.4 is 5.32 Å². The van der Waals surface area contributed by atoms with Crippen LogP contribution in [0.4, 0.5) is 0 Å². The predicted molar refractivity (Wildman–Crippen MR) is 101 cm³/mol. The summed E-state index contributed by atoms with van der Waals surface area (Å²) in [5.41, 5.74) is 3.96. The van der Waals surface area contributed by atoms with Crippen molar-refractivity contribution in [1.29, 1.82) is 0 Å². The van der Waals surface area contributed by atoms with Gasteiger partial charge in [0.15, 0.2) is 0 Å². The Morgan fingerprint density at radius 1 is 1.08 bits per heavy atom. The summed E-state index contributed by atoms with van der Waals surface area (Å²) in [5.74, 6) is -0.0931. The highest BCUT2D eigenvalue weighted by Crippen LogP contribution is 2.31. The molecule has 0 unspecified atom stereocenters. The standard InChI is InChI=1S/C19H16N4OS/c1-11(2)20-19(24)14-10-17(21-15-8-4-3-6-12(14)15)13-7-5-9-16-18(13)25-23-22-16/h3-11H,1-2H3,(H,20,24). The minimum atomic E-state index is -0.0931. The van der Waals surface area contributed by atoms with Crippen molar-refractivity contribution < 1.29 is 4.79 Å². The number of nitrogens with zero attached hydrogens (tertiary/aromatic N) is 3. The number of pyridine rings is 1. The average molecular weight is 348 g/mol. The van der Waals surface area contributed by atoms with Crippen molar-refractivity contribution in [2.75, 3.05) is 0 Å². The highest BCUT2D eigenvalue weighted by molar-refractivity contribution is 7.13. The fraction of sp³-hybridized carbons (Fsp3) is 0.158. The van der Waals surface area contributed by atoms with E-state index in [4.69, 9.17) is 4.98 Å². The molecular weight excluding hydrogens is 332 g/mol. The fourth-order valence-electron chi connectivity index (χ4n) is 2.85. The lowest BCUT2D eigenvalue weighted by Crippen LogP contribution is -2.30. The van der Waals surface area contributed by atoms with Crippen LogP contribution in [0.1, 0.15) is 24.2 Å². The molecule has 1 amide bonds. The normalized spacial score (nSPS) is 11.3. The third-order valence-corrected chi connectivity index (χ3v) is 4.71. The Morgan fingerprint density at radius 2 is 1.88 bits per heavy atom. The van der Waals surface area contributed by atoms with Gasteiger partial charge in [0.25, 0.3) is 5.91 Å². The molecule has 0 radical (unpaired) electrons. The number of rotatable bonds is 3. The van der Waals surface area contributed by atoms with Crippen molar-refractivity contribution in [3.63, 3.8) is 0 Å². The van der Waals surface area contributed by atoms with Gasteiger partial charge in [0, 0.05) is 17.0 Å². The summed E-state index contributed by atoms with van der Waals surface area (Å²) in [5, 5.41) is 7.95. The molecule has 124 valence electrons. The highest BCUT2D eigenvalue weighted by atomic mass is 32.1. The van der Waals surface area contributed by atoms with Crippen molar-refractivity contribution in [2.24, 2.45) is 0 Å². The van der Waals surface area contributed by atoms with E-state index in [1.54, 1.807) is 0 Å². The van der Waals surface area contributed by atoms with Gasteiger partial charge in [0.1, 0.15) is 5.52 Å². The van der Waals surface area contributed by atoms with Crippen molar-refractivity contribution in [3.05, 3.63) is 54.1 Å². The lowest BCUT2D eigenvalue weighted by Gasteiger charge is -2.12.